The van der Waals surface area contributed by atoms with Crippen molar-refractivity contribution >= 4 is 40.2 Å². The van der Waals surface area contributed by atoms with Crippen LogP contribution >= 0.6 is 0 Å². The molecule has 0 aliphatic carbocycles. The number of nitrogens with one attached hydrogen (secondary N) is 3. The Balaban J connectivity index is 1.56. The SMILES string of the molecule is COCn1nnnc1CC[C@H](NC(=O)c1cccc2ccccc12)C(=O)N[C@H](C(=O)N[C@@H](CC(=O)OC(C)(C)C)C(=O)COc1cc(C)oc(=O)c1)C(C)C. The predicted molar refractivity (Wildman–Crippen MR) is 198 cm³/mol. The van der Waals surface area contributed by atoms with E-state index in [4.69, 9.17) is 18.6 Å². The first-order valence-electron chi connectivity index (χ1n) is 17.7. The van der Waals surface area contributed by atoms with Crippen LogP contribution < -0.4 is 26.3 Å². The van der Waals surface area contributed by atoms with Gasteiger partial charge in [0.1, 0.15) is 48.6 Å². The average molecular weight is 762 g/mol. The van der Waals surface area contributed by atoms with Crippen molar-refractivity contribution in [2.24, 2.45) is 5.92 Å². The number of amides is 3. The smallest absolute Gasteiger partial charge is 0.339 e. The van der Waals surface area contributed by atoms with Crippen LogP contribution in [0.4, 0.5) is 0 Å². The Kier molecular flexibility index (Phi) is 14.3. The molecule has 0 unspecified atom stereocenters. The summed E-state index contributed by atoms with van der Waals surface area (Å²) in [5.41, 5.74) is -1.22. The molecule has 4 aromatic rings. The third-order valence-corrected chi connectivity index (χ3v) is 8.16. The van der Waals surface area contributed by atoms with Crippen LogP contribution in [0.3, 0.4) is 0 Å². The minimum atomic E-state index is -1.43. The molecule has 0 saturated carbocycles. The number of methoxy groups -OCH3 is 1. The molecule has 0 aliphatic rings. The molecule has 2 aromatic carbocycles. The fraction of sp³-hybridized carbons (Fsp3) is 0.447. The average Bonchev–Trinajstić information content (AvgIpc) is 3.56. The Morgan fingerprint density at radius 2 is 1.65 bits per heavy atom. The lowest BCUT2D eigenvalue weighted by atomic mass is 10.00. The number of fused-ring (bicyclic) bond motifs is 1. The molecule has 0 spiro atoms. The van der Waals surface area contributed by atoms with Gasteiger partial charge in [-0.05, 0) is 67.3 Å². The number of hydrogen-bond acceptors (Lipinski definition) is 13. The van der Waals surface area contributed by atoms with Crippen molar-refractivity contribution in [2.75, 3.05) is 13.7 Å². The van der Waals surface area contributed by atoms with E-state index in [9.17, 15) is 28.8 Å². The number of aryl methyl sites for hydroxylation is 2. The lowest BCUT2D eigenvalue weighted by molar-refractivity contribution is -0.156. The normalized spacial score (nSPS) is 13.1. The van der Waals surface area contributed by atoms with Gasteiger partial charge in [-0.2, -0.15) is 0 Å². The van der Waals surface area contributed by atoms with E-state index in [-0.39, 0.29) is 31.1 Å². The number of rotatable bonds is 18. The van der Waals surface area contributed by atoms with Crippen LogP contribution in [0.15, 0.2) is 63.8 Å². The number of hydrogen-bond donors (Lipinski definition) is 3. The number of tetrazole rings is 1. The van der Waals surface area contributed by atoms with Crippen molar-refractivity contribution in [2.45, 2.75) is 91.3 Å². The van der Waals surface area contributed by atoms with Gasteiger partial charge in [-0.1, -0.05) is 50.2 Å². The number of benzene rings is 2. The highest BCUT2D eigenvalue weighted by Gasteiger charge is 2.34. The van der Waals surface area contributed by atoms with Crippen LogP contribution in [0.1, 0.15) is 69.4 Å². The summed E-state index contributed by atoms with van der Waals surface area (Å²) >= 11 is 0. The van der Waals surface area contributed by atoms with Gasteiger partial charge < -0.3 is 34.6 Å². The van der Waals surface area contributed by atoms with Gasteiger partial charge in [-0.15, -0.1) is 5.10 Å². The maximum atomic E-state index is 14.0. The summed E-state index contributed by atoms with van der Waals surface area (Å²) in [5.74, 6) is -3.26. The number of carbonyl (C=O) groups excluding carboxylic acids is 5. The maximum Gasteiger partial charge on any atom is 0.339 e. The molecule has 2 heterocycles. The van der Waals surface area contributed by atoms with E-state index in [0.717, 1.165) is 11.5 Å². The topological polar surface area (TPSA) is 223 Å². The zero-order valence-electron chi connectivity index (χ0n) is 31.9. The maximum absolute atomic E-state index is 14.0. The molecule has 294 valence electrons. The number of ether oxygens (including phenoxy) is 3. The second-order valence-electron chi connectivity index (χ2n) is 14.2. The molecule has 3 amide bonds. The Morgan fingerprint density at radius 3 is 2.35 bits per heavy atom. The molecule has 2 aromatic heterocycles. The van der Waals surface area contributed by atoms with Crippen molar-refractivity contribution in [1.82, 2.24) is 36.2 Å². The predicted octanol–water partition coefficient (Wildman–Crippen LogP) is 2.43. The van der Waals surface area contributed by atoms with Crippen molar-refractivity contribution in [3.63, 3.8) is 0 Å². The monoisotopic (exact) mass is 761 g/mol. The first kappa shape index (κ1) is 41.8. The van der Waals surface area contributed by atoms with Crippen molar-refractivity contribution < 1.29 is 42.6 Å². The van der Waals surface area contributed by atoms with E-state index in [2.05, 4.69) is 31.5 Å². The van der Waals surface area contributed by atoms with Crippen LogP contribution in [-0.4, -0.2) is 87.1 Å². The van der Waals surface area contributed by atoms with Gasteiger partial charge in [0.25, 0.3) is 5.91 Å². The molecular formula is C38H47N7O10. The van der Waals surface area contributed by atoms with E-state index >= 15 is 0 Å². The quantitative estimate of drug-likeness (QED) is 0.124. The number of Topliss-reactive ketones (excluding diaryl/α,β-unsaturated/α-hetero) is 1. The fourth-order valence-electron chi connectivity index (χ4n) is 5.59. The molecule has 0 aliphatic heterocycles. The molecule has 17 nitrogen and oxygen atoms in total. The summed E-state index contributed by atoms with van der Waals surface area (Å²) in [4.78, 5) is 79.8. The summed E-state index contributed by atoms with van der Waals surface area (Å²) in [6.45, 7) is 9.33. The second-order valence-corrected chi connectivity index (χ2v) is 14.2. The van der Waals surface area contributed by atoms with Gasteiger partial charge in [0, 0.05) is 25.2 Å². The zero-order valence-corrected chi connectivity index (χ0v) is 31.9. The van der Waals surface area contributed by atoms with Crippen molar-refractivity contribution in [3.8, 4) is 5.75 Å². The molecular weight excluding hydrogens is 714 g/mol. The van der Waals surface area contributed by atoms with Crippen LogP contribution in [0.25, 0.3) is 10.8 Å². The van der Waals surface area contributed by atoms with Crippen molar-refractivity contribution in [3.05, 3.63) is 82.2 Å². The Morgan fingerprint density at radius 1 is 0.927 bits per heavy atom. The second kappa shape index (κ2) is 18.9. The molecule has 0 bridgehead atoms. The van der Waals surface area contributed by atoms with E-state index in [1.165, 1.54) is 24.8 Å². The highest BCUT2D eigenvalue weighted by atomic mass is 16.6. The molecule has 0 saturated heterocycles. The summed E-state index contributed by atoms with van der Waals surface area (Å²) in [5, 5.41) is 21.2. The molecule has 55 heavy (non-hydrogen) atoms. The molecule has 0 fully saturated rings. The van der Waals surface area contributed by atoms with Gasteiger partial charge >= 0.3 is 11.6 Å². The summed E-state index contributed by atoms with van der Waals surface area (Å²) < 4.78 is 22.4. The van der Waals surface area contributed by atoms with E-state index in [0.29, 0.717) is 16.8 Å². The minimum Gasteiger partial charge on any atom is -0.485 e. The lowest BCUT2D eigenvalue weighted by Gasteiger charge is -2.27. The largest absolute Gasteiger partial charge is 0.485 e. The highest BCUT2D eigenvalue weighted by Crippen LogP contribution is 2.19. The Hall–Kier alpha value is -5.97. The first-order chi connectivity index (χ1) is 26.0. The van der Waals surface area contributed by atoms with E-state index in [1.54, 1.807) is 58.9 Å². The van der Waals surface area contributed by atoms with Crippen molar-refractivity contribution in [1.29, 1.82) is 0 Å². The van der Waals surface area contributed by atoms with Gasteiger partial charge in [0.2, 0.25) is 11.8 Å². The van der Waals surface area contributed by atoms with Gasteiger partial charge in [0.15, 0.2) is 11.6 Å². The van der Waals surface area contributed by atoms with Crippen LogP contribution in [0.2, 0.25) is 0 Å². The highest BCUT2D eigenvalue weighted by molar-refractivity contribution is 6.08. The molecule has 0 radical (unpaired) electrons. The summed E-state index contributed by atoms with van der Waals surface area (Å²) in [6, 6.07) is 11.2. The lowest BCUT2D eigenvalue weighted by Crippen LogP contribution is -2.58. The number of esters is 1. The summed E-state index contributed by atoms with van der Waals surface area (Å²) in [6.07, 6.45) is -0.356. The first-order valence-corrected chi connectivity index (χ1v) is 17.7. The van der Waals surface area contributed by atoms with Gasteiger partial charge in [0.05, 0.1) is 12.5 Å². The molecule has 17 heteroatoms. The van der Waals surface area contributed by atoms with Crippen LogP contribution in [0, 0.1) is 12.8 Å². The number of nitrogens with zero attached hydrogens (tertiary/aromatic N) is 4. The van der Waals surface area contributed by atoms with Gasteiger partial charge in [-0.25, -0.2) is 9.48 Å². The Labute approximate surface area is 317 Å². The zero-order chi connectivity index (χ0) is 40.3. The standard InChI is InChI=1S/C38H47N7O10/c1-22(2)34(37(51)40-29(19-33(48)55-38(4,5)6)30(46)20-53-25-17-23(3)54-32(47)18-25)41-36(50)28(15-16-31-42-43-44-45(31)21-52-7)39-35(49)27-14-10-12-24-11-8-9-13-26(24)27/h8-14,17-18,22,28-29,34H,15-16,19-21H2,1-7H3,(H,39,49)(H,40,51)(H,41,50)/t28-,29-,34-/m0/s1. The number of aromatic nitrogens is 4. The molecule has 3 N–H and O–H groups in total. The van der Waals surface area contributed by atoms with E-state index in [1.807, 2.05) is 18.2 Å². The van der Waals surface area contributed by atoms with Gasteiger partial charge in [-0.3, -0.25) is 24.0 Å². The van der Waals surface area contributed by atoms with Crippen LogP contribution in [-0.2, 0) is 41.8 Å². The third kappa shape index (κ3) is 12.3. The number of ketones is 1. The van der Waals surface area contributed by atoms with E-state index < -0.39 is 77.8 Å². The third-order valence-electron chi connectivity index (χ3n) is 8.16. The molecule has 3 atom stereocenters. The summed E-state index contributed by atoms with van der Waals surface area (Å²) in [7, 11) is 1.48. The number of carbonyl (C=O) groups is 5. The van der Waals surface area contributed by atoms with Crippen LogP contribution in [0.5, 0.6) is 5.75 Å². The molecule has 4 rings (SSSR count). The fourth-order valence-corrected chi connectivity index (χ4v) is 5.59. The minimum absolute atomic E-state index is 0.0350. The Bertz CT molecular complexity index is 2050.